The summed E-state index contributed by atoms with van der Waals surface area (Å²) in [6.45, 7) is 3.89. The molecular formula is C26H34F2. The lowest BCUT2D eigenvalue weighted by Gasteiger charge is -2.39. The average Bonchev–Trinajstić information content (AvgIpc) is 2.72. The minimum atomic E-state index is -0.457. The Morgan fingerprint density at radius 1 is 0.786 bits per heavy atom. The zero-order chi connectivity index (χ0) is 19.7. The molecule has 0 spiro atoms. The van der Waals surface area contributed by atoms with Gasteiger partial charge in [0.05, 0.1) is 0 Å². The molecule has 0 saturated heterocycles. The largest absolute Gasteiger partial charge is 0.207 e. The summed E-state index contributed by atoms with van der Waals surface area (Å²) in [6.07, 6.45) is 18.9. The van der Waals surface area contributed by atoms with Crippen LogP contribution in [0, 0.1) is 48.1 Å². The van der Waals surface area contributed by atoms with E-state index in [0.717, 1.165) is 35.7 Å². The summed E-state index contributed by atoms with van der Waals surface area (Å²) < 4.78 is 27.8. The minimum absolute atomic E-state index is 0.103. The van der Waals surface area contributed by atoms with E-state index in [9.17, 15) is 8.78 Å². The Kier molecular flexibility index (Phi) is 6.04. The molecule has 1 unspecified atom stereocenters. The van der Waals surface area contributed by atoms with Crippen LogP contribution in [0.25, 0.3) is 5.57 Å². The van der Waals surface area contributed by atoms with Gasteiger partial charge in [-0.25, -0.2) is 8.78 Å². The first-order valence-electron chi connectivity index (χ1n) is 11.4. The third-order valence-electron chi connectivity index (χ3n) is 7.90. The highest BCUT2D eigenvalue weighted by atomic mass is 19.1. The van der Waals surface area contributed by atoms with Gasteiger partial charge in [0.15, 0.2) is 0 Å². The van der Waals surface area contributed by atoms with Gasteiger partial charge in [-0.15, -0.1) is 0 Å². The van der Waals surface area contributed by atoms with Gasteiger partial charge in [-0.1, -0.05) is 38.0 Å². The summed E-state index contributed by atoms with van der Waals surface area (Å²) in [4.78, 5) is 0. The number of benzene rings is 1. The zero-order valence-electron chi connectivity index (χ0n) is 17.4. The number of hydrogen-bond donors (Lipinski definition) is 0. The molecule has 3 aliphatic carbocycles. The summed E-state index contributed by atoms with van der Waals surface area (Å²) in [5.74, 6) is 3.34. The molecule has 1 aromatic carbocycles. The second kappa shape index (κ2) is 8.51. The Hall–Kier alpha value is -1.44. The van der Waals surface area contributed by atoms with Gasteiger partial charge in [0.1, 0.15) is 11.6 Å². The first-order chi connectivity index (χ1) is 13.5. The van der Waals surface area contributed by atoms with Crippen molar-refractivity contribution in [3.05, 3.63) is 53.1 Å². The van der Waals surface area contributed by atoms with Crippen molar-refractivity contribution in [1.82, 2.24) is 0 Å². The number of halogens is 2. The summed E-state index contributed by atoms with van der Waals surface area (Å²) in [7, 11) is 0. The SMILES string of the molecule is Cc1c(F)cc(C2=CCC(C3CCC(C4CCC(C)CC4)CC3)C=C2)cc1F. The van der Waals surface area contributed by atoms with Crippen LogP contribution >= 0.6 is 0 Å². The second-order valence-corrected chi connectivity index (χ2v) is 9.68. The molecule has 0 heterocycles. The van der Waals surface area contributed by atoms with Gasteiger partial charge in [-0.3, -0.25) is 0 Å². The van der Waals surface area contributed by atoms with Gasteiger partial charge in [-0.05, 0) is 105 Å². The molecule has 3 aliphatic rings. The maximum atomic E-state index is 13.9. The molecule has 2 saturated carbocycles. The van der Waals surface area contributed by atoms with Crippen molar-refractivity contribution in [2.45, 2.75) is 71.6 Å². The molecule has 2 fully saturated rings. The summed E-state index contributed by atoms with van der Waals surface area (Å²) in [6, 6.07) is 2.93. The molecule has 152 valence electrons. The number of hydrogen-bond acceptors (Lipinski definition) is 0. The van der Waals surface area contributed by atoms with Crippen LogP contribution in [-0.4, -0.2) is 0 Å². The van der Waals surface area contributed by atoms with Gasteiger partial charge < -0.3 is 0 Å². The minimum Gasteiger partial charge on any atom is -0.207 e. The molecule has 1 aromatic rings. The summed E-state index contributed by atoms with van der Waals surface area (Å²) in [5, 5.41) is 0. The Morgan fingerprint density at radius 2 is 1.32 bits per heavy atom. The molecule has 28 heavy (non-hydrogen) atoms. The monoisotopic (exact) mass is 384 g/mol. The van der Waals surface area contributed by atoms with Crippen LogP contribution in [0.5, 0.6) is 0 Å². The van der Waals surface area contributed by atoms with Crippen molar-refractivity contribution in [1.29, 1.82) is 0 Å². The maximum absolute atomic E-state index is 13.9. The summed E-state index contributed by atoms with van der Waals surface area (Å²) in [5.41, 5.74) is 1.72. The molecule has 0 radical (unpaired) electrons. The van der Waals surface area contributed by atoms with Crippen molar-refractivity contribution in [2.75, 3.05) is 0 Å². The lowest BCUT2D eigenvalue weighted by atomic mass is 9.67. The number of rotatable bonds is 3. The van der Waals surface area contributed by atoms with Crippen molar-refractivity contribution in [3.63, 3.8) is 0 Å². The molecule has 0 bridgehead atoms. The van der Waals surface area contributed by atoms with E-state index in [1.165, 1.54) is 70.4 Å². The molecule has 4 rings (SSSR count). The first kappa shape index (κ1) is 19.9. The molecule has 0 amide bonds. The highest BCUT2D eigenvalue weighted by Gasteiger charge is 2.32. The molecular weight excluding hydrogens is 350 g/mol. The van der Waals surface area contributed by atoms with Gasteiger partial charge >= 0.3 is 0 Å². The third-order valence-corrected chi connectivity index (χ3v) is 7.90. The third kappa shape index (κ3) is 4.26. The average molecular weight is 385 g/mol. The van der Waals surface area contributed by atoms with E-state index < -0.39 is 11.6 Å². The smallest absolute Gasteiger partial charge is 0.129 e. The zero-order valence-corrected chi connectivity index (χ0v) is 17.4. The van der Waals surface area contributed by atoms with E-state index in [1.54, 1.807) is 0 Å². The molecule has 0 N–H and O–H groups in total. The van der Waals surface area contributed by atoms with Crippen molar-refractivity contribution in [2.24, 2.45) is 29.6 Å². The Morgan fingerprint density at radius 3 is 1.86 bits per heavy atom. The van der Waals surface area contributed by atoms with E-state index in [4.69, 9.17) is 0 Å². The Balaban J connectivity index is 1.32. The van der Waals surface area contributed by atoms with Gasteiger partial charge in [0.2, 0.25) is 0 Å². The van der Waals surface area contributed by atoms with E-state index >= 15 is 0 Å². The standard InChI is InChI=1S/C26H34F2/c1-17-3-5-19(6-4-17)20-7-9-21(10-8-20)22-11-13-23(14-12-22)24-15-25(27)18(2)26(28)16-24/h11,13-17,19-22H,3-10,12H2,1-2H3. The molecule has 0 aliphatic heterocycles. The summed E-state index contributed by atoms with van der Waals surface area (Å²) >= 11 is 0. The predicted molar refractivity (Wildman–Crippen MR) is 113 cm³/mol. The highest BCUT2D eigenvalue weighted by Crippen LogP contribution is 2.44. The normalized spacial score (nSPS) is 33.6. The first-order valence-corrected chi connectivity index (χ1v) is 11.4. The van der Waals surface area contributed by atoms with Crippen LogP contribution in [0.4, 0.5) is 8.78 Å². The lowest BCUT2D eigenvalue weighted by molar-refractivity contribution is 0.137. The Bertz CT molecular complexity index is 721. The van der Waals surface area contributed by atoms with E-state index in [1.807, 2.05) is 0 Å². The second-order valence-electron chi connectivity index (χ2n) is 9.68. The fourth-order valence-corrected chi connectivity index (χ4v) is 5.81. The molecule has 0 aromatic heterocycles. The number of allylic oxidation sites excluding steroid dienone is 4. The maximum Gasteiger partial charge on any atom is 0.129 e. The fourth-order valence-electron chi connectivity index (χ4n) is 5.81. The highest BCUT2D eigenvalue weighted by molar-refractivity contribution is 5.75. The van der Waals surface area contributed by atoms with Crippen molar-refractivity contribution in [3.8, 4) is 0 Å². The van der Waals surface area contributed by atoms with Gasteiger partial charge in [0.25, 0.3) is 0 Å². The van der Waals surface area contributed by atoms with Gasteiger partial charge in [0, 0.05) is 5.56 Å². The van der Waals surface area contributed by atoms with Crippen LogP contribution in [0.15, 0.2) is 30.4 Å². The predicted octanol–water partition coefficient (Wildman–Crippen LogP) is 7.87. The van der Waals surface area contributed by atoms with E-state index in [-0.39, 0.29) is 5.56 Å². The topological polar surface area (TPSA) is 0 Å². The van der Waals surface area contributed by atoms with Crippen LogP contribution in [-0.2, 0) is 0 Å². The van der Waals surface area contributed by atoms with E-state index in [2.05, 4.69) is 25.2 Å². The Labute approximate surface area is 169 Å². The van der Waals surface area contributed by atoms with Crippen LogP contribution < -0.4 is 0 Å². The quantitative estimate of drug-likeness (QED) is 0.497. The van der Waals surface area contributed by atoms with Crippen LogP contribution in [0.2, 0.25) is 0 Å². The molecule has 2 heteroatoms. The van der Waals surface area contributed by atoms with Crippen LogP contribution in [0.1, 0.15) is 75.8 Å². The lowest BCUT2D eigenvalue weighted by Crippen LogP contribution is -2.27. The van der Waals surface area contributed by atoms with E-state index in [0.29, 0.717) is 11.5 Å². The molecule has 1 atom stereocenters. The van der Waals surface area contributed by atoms with Crippen LogP contribution in [0.3, 0.4) is 0 Å². The fraction of sp³-hybridized carbons (Fsp3) is 0.615. The van der Waals surface area contributed by atoms with Crippen molar-refractivity contribution < 1.29 is 8.78 Å². The molecule has 0 nitrogen and oxygen atoms in total. The van der Waals surface area contributed by atoms with Crippen molar-refractivity contribution >= 4 is 5.57 Å². The van der Waals surface area contributed by atoms with Gasteiger partial charge in [-0.2, -0.15) is 0 Å².